The summed E-state index contributed by atoms with van der Waals surface area (Å²) < 4.78 is 0. The van der Waals surface area contributed by atoms with Gasteiger partial charge >= 0.3 is 0 Å². The molecule has 0 aromatic carbocycles. The van der Waals surface area contributed by atoms with Crippen LogP contribution in [0, 0.1) is 6.92 Å². The number of aryl methyl sites for hydroxylation is 1. The smallest absolute Gasteiger partial charge is 0.144 e. The molecule has 4 nitrogen and oxygen atoms in total. The fourth-order valence-corrected chi connectivity index (χ4v) is 1.20. The van der Waals surface area contributed by atoms with E-state index in [2.05, 4.69) is 15.4 Å². The van der Waals surface area contributed by atoms with Crippen molar-refractivity contribution in [1.82, 2.24) is 10.4 Å². The van der Waals surface area contributed by atoms with Crippen molar-refractivity contribution >= 4 is 5.84 Å². The molecule has 15 heavy (non-hydrogen) atoms. The first-order valence-corrected chi connectivity index (χ1v) is 4.91. The highest BCUT2D eigenvalue weighted by atomic mass is 15.3. The molecule has 0 amide bonds. The predicted octanol–water partition coefficient (Wildman–Crippen LogP) is 1.40. The number of aromatic nitrogens is 1. The molecule has 0 aliphatic rings. The Hall–Kier alpha value is -1.42. The van der Waals surface area contributed by atoms with Crippen molar-refractivity contribution < 1.29 is 0 Å². The lowest BCUT2D eigenvalue weighted by molar-refractivity contribution is 0.580. The van der Waals surface area contributed by atoms with E-state index < -0.39 is 0 Å². The quantitative estimate of drug-likeness (QED) is 0.316. The third-order valence-electron chi connectivity index (χ3n) is 1.73. The molecular weight excluding hydrogens is 188 g/mol. The Morgan fingerprint density at radius 3 is 2.53 bits per heavy atom. The maximum Gasteiger partial charge on any atom is 0.144 e. The summed E-state index contributed by atoms with van der Waals surface area (Å²) >= 11 is 0. The van der Waals surface area contributed by atoms with Crippen LogP contribution >= 0.6 is 0 Å². The number of nitrogens with two attached hydrogens (primary N) is 1. The van der Waals surface area contributed by atoms with Gasteiger partial charge in [-0.2, -0.15) is 0 Å². The molecule has 0 fully saturated rings. The predicted molar refractivity (Wildman–Crippen MR) is 62.6 cm³/mol. The second kappa shape index (κ2) is 4.40. The Kier molecular flexibility index (Phi) is 3.42. The summed E-state index contributed by atoms with van der Waals surface area (Å²) in [5.41, 5.74) is 4.45. The van der Waals surface area contributed by atoms with Crippen LogP contribution < -0.4 is 11.3 Å². The number of hydrazine groups is 1. The normalized spacial score (nSPS) is 12.7. The van der Waals surface area contributed by atoms with Gasteiger partial charge in [0.2, 0.25) is 0 Å². The number of pyridine rings is 1. The number of hydrogen-bond donors (Lipinski definition) is 2. The Labute approximate surface area is 90.6 Å². The zero-order chi connectivity index (χ0) is 11.5. The number of nitrogens with zero attached hydrogens (tertiary/aromatic N) is 2. The number of nitrogens with one attached hydrogen (secondary N) is 1. The fraction of sp³-hybridized carbons (Fsp3) is 0.455. The number of rotatable bonds is 1. The molecule has 0 spiro atoms. The number of amidine groups is 1. The molecule has 0 unspecified atom stereocenters. The summed E-state index contributed by atoms with van der Waals surface area (Å²) in [5, 5.41) is 0. The van der Waals surface area contributed by atoms with Gasteiger partial charge in [-0.3, -0.25) is 9.98 Å². The van der Waals surface area contributed by atoms with Gasteiger partial charge in [-0.25, -0.2) is 5.84 Å². The van der Waals surface area contributed by atoms with E-state index in [4.69, 9.17) is 5.84 Å². The van der Waals surface area contributed by atoms with Gasteiger partial charge in [0.25, 0.3) is 0 Å². The average Bonchev–Trinajstić information content (AvgIpc) is 2.13. The standard InChI is InChI=1S/C11H18N4/c1-8-5-9(7-13-6-8)10(15-12)14-11(2,3)4/h5-7H,12H2,1-4H3,(H,14,15). The summed E-state index contributed by atoms with van der Waals surface area (Å²) in [5.74, 6) is 6.12. The van der Waals surface area contributed by atoms with Gasteiger partial charge in [0, 0.05) is 18.0 Å². The topological polar surface area (TPSA) is 63.3 Å². The van der Waals surface area contributed by atoms with Crippen LogP contribution in [0.25, 0.3) is 0 Å². The molecule has 4 heteroatoms. The summed E-state index contributed by atoms with van der Waals surface area (Å²) in [6.45, 7) is 8.05. The Bertz CT molecular complexity index is 363. The zero-order valence-electron chi connectivity index (χ0n) is 9.70. The summed E-state index contributed by atoms with van der Waals surface area (Å²) in [6.07, 6.45) is 3.55. The van der Waals surface area contributed by atoms with Crippen LogP contribution in [-0.2, 0) is 0 Å². The van der Waals surface area contributed by atoms with Crippen molar-refractivity contribution in [3.05, 3.63) is 29.6 Å². The van der Waals surface area contributed by atoms with Crippen molar-refractivity contribution in [2.75, 3.05) is 0 Å². The molecule has 0 aliphatic heterocycles. The molecule has 82 valence electrons. The van der Waals surface area contributed by atoms with E-state index in [1.807, 2.05) is 33.8 Å². The van der Waals surface area contributed by atoms with E-state index >= 15 is 0 Å². The van der Waals surface area contributed by atoms with Gasteiger partial charge in [0.15, 0.2) is 0 Å². The van der Waals surface area contributed by atoms with Crippen LogP contribution in [0.2, 0.25) is 0 Å². The van der Waals surface area contributed by atoms with E-state index in [-0.39, 0.29) is 5.54 Å². The minimum absolute atomic E-state index is 0.161. The maximum atomic E-state index is 5.45. The van der Waals surface area contributed by atoms with E-state index in [1.54, 1.807) is 12.4 Å². The minimum Gasteiger partial charge on any atom is -0.308 e. The molecule has 1 aromatic heterocycles. The molecule has 1 heterocycles. The number of hydrogen-bond acceptors (Lipinski definition) is 3. The molecule has 0 bridgehead atoms. The van der Waals surface area contributed by atoms with Gasteiger partial charge < -0.3 is 5.43 Å². The minimum atomic E-state index is -0.161. The second-order valence-corrected chi connectivity index (χ2v) is 4.53. The van der Waals surface area contributed by atoms with Gasteiger partial charge in [0.05, 0.1) is 5.54 Å². The highest BCUT2D eigenvalue weighted by Gasteiger charge is 2.11. The Morgan fingerprint density at radius 1 is 1.40 bits per heavy atom. The van der Waals surface area contributed by atoms with Gasteiger partial charge in [0.1, 0.15) is 5.84 Å². The highest BCUT2D eigenvalue weighted by Crippen LogP contribution is 2.09. The van der Waals surface area contributed by atoms with Crippen LogP contribution in [-0.4, -0.2) is 16.4 Å². The molecule has 0 saturated carbocycles. The molecule has 0 saturated heterocycles. The first kappa shape index (κ1) is 11.7. The first-order chi connectivity index (χ1) is 6.92. The molecule has 0 radical (unpaired) electrons. The second-order valence-electron chi connectivity index (χ2n) is 4.53. The summed E-state index contributed by atoms with van der Waals surface area (Å²) in [7, 11) is 0. The van der Waals surface area contributed by atoms with Crippen molar-refractivity contribution in [1.29, 1.82) is 0 Å². The monoisotopic (exact) mass is 206 g/mol. The zero-order valence-corrected chi connectivity index (χ0v) is 9.70. The van der Waals surface area contributed by atoms with Crippen LogP contribution in [0.4, 0.5) is 0 Å². The van der Waals surface area contributed by atoms with Crippen molar-refractivity contribution in [2.45, 2.75) is 33.2 Å². The lowest BCUT2D eigenvalue weighted by atomic mass is 10.1. The summed E-state index contributed by atoms with van der Waals surface area (Å²) in [6, 6.07) is 2.00. The van der Waals surface area contributed by atoms with E-state index in [0.29, 0.717) is 5.84 Å². The SMILES string of the molecule is Cc1cncc(C(=NC(C)(C)C)NN)c1. The number of aliphatic imine (C=N–C) groups is 1. The molecule has 3 N–H and O–H groups in total. The van der Waals surface area contributed by atoms with Gasteiger partial charge in [-0.15, -0.1) is 0 Å². The van der Waals surface area contributed by atoms with Gasteiger partial charge in [-0.1, -0.05) is 0 Å². The fourth-order valence-electron chi connectivity index (χ4n) is 1.20. The van der Waals surface area contributed by atoms with Gasteiger partial charge in [-0.05, 0) is 39.3 Å². The highest BCUT2D eigenvalue weighted by molar-refractivity contribution is 5.98. The van der Waals surface area contributed by atoms with Crippen molar-refractivity contribution in [3.8, 4) is 0 Å². The third kappa shape index (κ3) is 3.67. The lowest BCUT2D eigenvalue weighted by Crippen LogP contribution is -2.33. The van der Waals surface area contributed by atoms with Crippen molar-refractivity contribution in [2.24, 2.45) is 10.8 Å². The molecule has 1 rings (SSSR count). The average molecular weight is 206 g/mol. The van der Waals surface area contributed by atoms with Crippen molar-refractivity contribution in [3.63, 3.8) is 0 Å². The Balaban J connectivity index is 3.08. The van der Waals surface area contributed by atoms with E-state index in [1.165, 1.54) is 0 Å². The third-order valence-corrected chi connectivity index (χ3v) is 1.73. The maximum absolute atomic E-state index is 5.45. The van der Waals surface area contributed by atoms with Crippen LogP contribution in [0.3, 0.4) is 0 Å². The molecular formula is C11H18N4. The van der Waals surface area contributed by atoms with Crippen LogP contribution in [0.1, 0.15) is 31.9 Å². The van der Waals surface area contributed by atoms with Crippen LogP contribution in [0.15, 0.2) is 23.5 Å². The Morgan fingerprint density at radius 2 is 2.07 bits per heavy atom. The summed E-state index contributed by atoms with van der Waals surface area (Å²) in [4.78, 5) is 8.59. The van der Waals surface area contributed by atoms with Crippen LogP contribution in [0.5, 0.6) is 0 Å². The van der Waals surface area contributed by atoms with E-state index in [9.17, 15) is 0 Å². The van der Waals surface area contributed by atoms with E-state index in [0.717, 1.165) is 11.1 Å². The lowest BCUT2D eigenvalue weighted by Gasteiger charge is -2.15. The molecule has 0 atom stereocenters. The first-order valence-electron chi connectivity index (χ1n) is 4.91. The molecule has 0 aliphatic carbocycles. The largest absolute Gasteiger partial charge is 0.308 e. The molecule has 1 aromatic rings.